The van der Waals surface area contributed by atoms with E-state index in [9.17, 15) is 0 Å². The smallest absolute Gasteiger partial charge is 0.155 e. The van der Waals surface area contributed by atoms with E-state index in [2.05, 4.69) is 36.0 Å². The van der Waals surface area contributed by atoms with Gasteiger partial charge in [-0.15, -0.1) is 10.2 Å². The van der Waals surface area contributed by atoms with Gasteiger partial charge in [-0.05, 0) is 34.8 Å². The predicted molar refractivity (Wildman–Crippen MR) is 77.3 cm³/mol. The minimum Gasteiger partial charge on any atom is -0.345 e. The summed E-state index contributed by atoms with van der Waals surface area (Å²) in [7, 11) is 1.97. The van der Waals surface area contributed by atoms with Crippen LogP contribution in [0.15, 0.2) is 23.1 Å². The zero-order valence-corrected chi connectivity index (χ0v) is 12.8. The van der Waals surface area contributed by atoms with Crippen LogP contribution in [0, 0.1) is 0 Å². The van der Waals surface area contributed by atoms with Crippen LogP contribution < -0.4 is 4.90 Å². The fourth-order valence-electron chi connectivity index (χ4n) is 2.50. The molecule has 3 heterocycles. The Hall–Kier alpha value is -1.14. The van der Waals surface area contributed by atoms with E-state index in [0.29, 0.717) is 5.02 Å². The summed E-state index contributed by atoms with van der Waals surface area (Å²) in [6.07, 6.45) is 5.58. The van der Waals surface area contributed by atoms with Crippen LogP contribution in [0.25, 0.3) is 0 Å². The van der Waals surface area contributed by atoms with Crippen molar-refractivity contribution in [2.75, 3.05) is 11.4 Å². The summed E-state index contributed by atoms with van der Waals surface area (Å²) >= 11 is 9.48. The van der Waals surface area contributed by atoms with Gasteiger partial charge >= 0.3 is 0 Å². The molecule has 1 aliphatic rings. The Labute approximate surface area is 124 Å². The zero-order valence-electron chi connectivity index (χ0n) is 10.4. The molecule has 0 aromatic carbocycles. The first-order valence-corrected chi connectivity index (χ1v) is 7.25. The van der Waals surface area contributed by atoms with Gasteiger partial charge in [0.2, 0.25) is 0 Å². The lowest BCUT2D eigenvalue weighted by molar-refractivity contribution is 0.624. The van der Waals surface area contributed by atoms with E-state index in [1.54, 1.807) is 12.5 Å². The molecule has 0 amide bonds. The van der Waals surface area contributed by atoms with Crippen LogP contribution in [0.4, 0.5) is 5.82 Å². The summed E-state index contributed by atoms with van der Waals surface area (Å²) in [6.45, 7) is 0.963. The molecule has 1 atom stereocenters. The van der Waals surface area contributed by atoms with Gasteiger partial charge in [-0.1, -0.05) is 11.6 Å². The van der Waals surface area contributed by atoms with Gasteiger partial charge in [-0.25, -0.2) is 4.98 Å². The largest absolute Gasteiger partial charge is 0.345 e. The van der Waals surface area contributed by atoms with Gasteiger partial charge < -0.3 is 9.47 Å². The highest BCUT2D eigenvalue weighted by molar-refractivity contribution is 9.10. The van der Waals surface area contributed by atoms with Gasteiger partial charge in [-0.3, -0.25) is 0 Å². The average molecular weight is 343 g/mol. The molecule has 19 heavy (non-hydrogen) atoms. The van der Waals surface area contributed by atoms with Gasteiger partial charge in [0.1, 0.15) is 12.1 Å². The van der Waals surface area contributed by atoms with Crippen LogP contribution in [0.1, 0.15) is 24.7 Å². The summed E-state index contributed by atoms with van der Waals surface area (Å²) in [5.74, 6) is 1.89. The third-order valence-electron chi connectivity index (χ3n) is 3.36. The maximum Gasteiger partial charge on any atom is 0.155 e. The number of halogens is 2. The van der Waals surface area contributed by atoms with Crippen molar-refractivity contribution in [3.8, 4) is 0 Å². The molecular weight excluding hydrogens is 330 g/mol. The van der Waals surface area contributed by atoms with Crippen molar-refractivity contribution in [1.82, 2.24) is 19.7 Å². The Kier molecular flexibility index (Phi) is 3.45. The molecule has 0 aliphatic carbocycles. The van der Waals surface area contributed by atoms with Gasteiger partial charge in [0.15, 0.2) is 5.82 Å². The highest BCUT2D eigenvalue weighted by Crippen LogP contribution is 2.37. The van der Waals surface area contributed by atoms with Crippen LogP contribution >= 0.6 is 27.5 Å². The molecule has 1 aliphatic heterocycles. The Morgan fingerprint density at radius 2 is 2.32 bits per heavy atom. The minimum absolute atomic E-state index is 0.220. The number of aryl methyl sites for hydroxylation is 1. The molecule has 0 bridgehead atoms. The van der Waals surface area contributed by atoms with Gasteiger partial charge in [0.25, 0.3) is 0 Å². The van der Waals surface area contributed by atoms with Crippen molar-refractivity contribution in [3.05, 3.63) is 33.9 Å². The third kappa shape index (κ3) is 2.34. The van der Waals surface area contributed by atoms with E-state index in [1.807, 2.05) is 17.7 Å². The maximum atomic E-state index is 5.95. The van der Waals surface area contributed by atoms with Crippen LogP contribution in [-0.2, 0) is 7.05 Å². The van der Waals surface area contributed by atoms with E-state index in [-0.39, 0.29) is 6.04 Å². The molecule has 7 heteroatoms. The second kappa shape index (κ2) is 5.09. The summed E-state index contributed by atoms with van der Waals surface area (Å²) < 4.78 is 2.88. The van der Waals surface area contributed by atoms with E-state index >= 15 is 0 Å². The van der Waals surface area contributed by atoms with Crippen molar-refractivity contribution in [2.45, 2.75) is 18.9 Å². The number of anilines is 1. The lowest BCUT2D eigenvalue weighted by Crippen LogP contribution is -2.26. The fourth-order valence-corrected chi connectivity index (χ4v) is 3.37. The predicted octanol–water partition coefficient (Wildman–Crippen LogP) is 2.97. The summed E-state index contributed by atoms with van der Waals surface area (Å²) in [6, 6.07) is 2.09. The third-order valence-corrected chi connectivity index (χ3v) is 4.15. The molecule has 0 unspecified atom stereocenters. The maximum absolute atomic E-state index is 5.95. The molecular formula is C12H13BrClN5. The number of nitrogens with zero attached hydrogens (tertiary/aromatic N) is 5. The number of hydrogen-bond donors (Lipinski definition) is 0. The zero-order chi connectivity index (χ0) is 13.4. The van der Waals surface area contributed by atoms with Crippen LogP contribution in [0.3, 0.4) is 0 Å². The summed E-state index contributed by atoms with van der Waals surface area (Å²) in [5.41, 5.74) is 0. The molecule has 0 N–H and O–H groups in total. The molecule has 100 valence electrons. The Morgan fingerprint density at radius 3 is 3.00 bits per heavy atom. The minimum atomic E-state index is 0.220. The molecule has 2 aromatic heterocycles. The lowest BCUT2D eigenvalue weighted by Gasteiger charge is -2.25. The first-order valence-electron chi connectivity index (χ1n) is 6.08. The molecule has 1 fully saturated rings. The Morgan fingerprint density at radius 1 is 1.47 bits per heavy atom. The second-order valence-electron chi connectivity index (χ2n) is 4.61. The number of pyridine rings is 1. The number of rotatable bonds is 2. The Balaban J connectivity index is 1.97. The SMILES string of the molecule is Cn1cnnc1[C@H]1CCCN1c1ncc(Cl)cc1Br. The molecule has 0 radical (unpaired) electrons. The highest BCUT2D eigenvalue weighted by atomic mass is 79.9. The first kappa shape index (κ1) is 12.9. The highest BCUT2D eigenvalue weighted by Gasteiger charge is 2.31. The molecule has 2 aromatic rings. The molecule has 3 rings (SSSR count). The number of hydrogen-bond acceptors (Lipinski definition) is 4. The van der Waals surface area contributed by atoms with E-state index in [0.717, 1.165) is 35.5 Å². The number of aromatic nitrogens is 4. The molecule has 0 spiro atoms. The van der Waals surface area contributed by atoms with E-state index < -0.39 is 0 Å². The van der Waals surface area contributed by atoms with Crippen molar-refractivity contribution in [2.24, 2.45) is 7.05 Å². The topological polar surface area (TPSA) is 46.8 Å². The summed E-state index contributed by atoms with van der Waals surface area (Å²) in [5, 5.41) is 8.82. The standard InChI is InChI=1S/C12H13BrClN5/c1-18-7-16-17-12(18)10-3-2-4-19(10)11-9(13)5-8(14)6-15-11/h5-7,10H,2-4H2,1H3/t10-/m1/s1. The van der Waals surface area contributed by atoms with Crippen LogP contribution in [0.5, 0.6) is 0 Å². The van der Waals surface area contributed by atoms with Gasteiger partial charge in [0.05, 0.1) is 15.5 Å². The summed E-state index contributed by atoms with van der Waals surface area (Å²) in [4.78, 5) is 6.69. The Bertz CT molecular complexity index is 600. The quantitative estimate of drug-likeness (QED) is 0.842. The first-order chi connectivity index (χ1) is 9.16. The monoisotopic (exact) mass is 341 g/mol. The van der Waals surface area contributed by atoms with Crippen LogP contribution in [-0.4, -0.2) is 26.3 Å². The fraction of sp³-hybridized carbons (Fsp3) is 0.417. The van der Waals surface area contributed by atoms with Gasteiger partial charge in [-0.2, -0.15) is 0 Å². The van der Waals surface area contributed by atoms with Crippen molar-refractivity contribution in [3.63, 3.8) is 0 Å². The van der Waals surface area contributed by atoms with Crippen molar-refractivity contribution < 1.29 is 0 Å². The van der Waals surface area contributed by atoms with Gasteiger partial charge in [0, 0.05) is 19.8 Å². The van der Waals surface area contributed by atoms with E-state index in [1.165, 1.54) is 0 Å². The van der Waals surface area contributed by atoms with Crippen molar-refractivity contribution >= 4 is 33.3 Å². The average Bonchev–Trinajstić information content (AvgIpc) is 2.97. The molecule has 1 saturated heterocycles. The van der Waals surface area contributed by atoms with E-state index in [4.69, 9.17) is 11.6 Å². The molecule has 0 saturated carbocycles. The second-order valence-corrected chi connectivity index (χ2v) is 5.90. The molecule has 5 nitrogen and oxygen atoms in total. The van der Waals surface area contributed by atoms with Crippen LogP contribution in [0.2, 0.25) is 5.02 Å². The normalized spacial score (nSPS) is 19.1. The van der Waals surface area contributed by atoms with Crippen molar-refractivity contribution in [1.29, 1.82) is 0 Å². The lowest BCUT2D eigenvalue weighted by atomic mass is 10.2.